The molecule has 6 nitrogen and oxygen atoms in total. The van der Waals surface area contributed by atoms with Crippen LogP contribution in [0.3, 0.4) is 0 Å². The number of halogens is 2. The van der Waals surface area contributed by atoms with Crippen molar-refractivity contribution in [3.05, 3.63) is 69.1 Å². The van der Waals surface area contributed by atoms with Crippen LogP contribution >= 0.6 is 34.5 Å². The molecule has 1 saturated heterocycles. The van der Waals surface area contributed by atoms with Gasteiger partial charge in [-0.05, 0) is 18.2 Å². The maximum absolute atomic E-state index is 13.0. The molecule has 3 aromatic rings. The van der Waals surface area contributed by atoms with Crippen LogP contribution in [0.25, 0.3) is 0 Å². The predicted molar refractivity (Wildman–Crippen MR) is 125 cm³/mol. The van der Waals surface area contributed by atoms with Crippen molar-refractivity contribution in [2.75, 3.05) is 38.2 Å². The van der Waals surface area contributed by atoms with Crippen LogP contribution in [0.4, 0.5) is 5.13 Å². The van der Waals surface area contributed by atoms with E-state index in [2.05, 4.69) is 4.90 Å². The number of thiazole rings is 1. The topological polar surface area (TPSA) is 62.7 Å². The average molecular weight is 498 g/mol. The fourth-order valence-corrected chi connectivity index (χ4v) is 6.55. The summed E-state index contributed by atoms with van der Waals surface area (Å²) >= 11 is 13.7. The van der Waals surface area contributed by atoms with Gasteiger partial charge in [-0.1, -0.05) is 47.5 Å². The van der Waals surface area contributed by atoms with Gasteiger partial charge < -0.3 is 9.64 Å². The lowest BCUT2D eigenvalue weighted by molar-refractivity contribution is 0.384. The van der Waals surface area contributed by atoms with Crippen molar-refractivity contribution in [3.8, 4) is 5.75 Å². The average Bonchev–Trinajstić information content (AvgIpc) is 3.24. The molecule has 4 rings (SSSR count). The van der Waals surface area contributed by atoms with Gasteiger partial charge in [0.25, 0.3) is 0 Å². The second-order valence-electron chi connectivity index (χ2n) is 7.05. The van der Waals surface area contributed by atoms with Crippen molar-refractivity contribution in [1.29, 1.82) is 0 Å². The molecule has 0 N–H and O–H groups in total. The second-order valence-corrected chi connectivity index (χ2v) is 10.6. The van der Waals surface area contributed by atoms with Crippen LogP contribution in [0.5, 0.6) is 5.75 Å². The molecule has 10 heteroatoms. The van der Waals surface area contributed by atoms with Gasteiger partial charge in [0, 0.05) is 43.5 Å². The Balaban J connectivity index is 1.43. The zero-order valence-electron chi connectivity index (χ0n) is 16.8. The van der Waals surface area contributed by atoms with Gasteiger partial charge in [-0.2, -0.15) is 4.31 Å². The molecule has 164 valence electrons. The van der Waals surface area contributed by atoms with Crippen molar-refractivity contribution >= 4 is 49.7 Å². The van der Waals surface area contributed by atoms with Gasteiger partial charge in [-0.25, -0.2) is 13.4 Å². The number of anilines is 1. The third kappa shape index (κ3) is 4.68. The molecule has 2 aromatic carbocycles. The minimum Gasteiger partial charge on any atom is -0.496 e. The van der Waals surface area contributed by atoms with Gasteiger partial charge in [0.15, 0.2) is 5.13 Å². The number of hydrogen-bond acceptors (Lipinski definition) is 6. The lowest BCUT2D eigenvalue weighted by Gasteiger charge is -2.34. The van der Waals surface area contributed by atoms with Gasteiger partial charge in [0.1, 0.15) is 10.6 Å². The number of benzene rings is 2. The molecule has 1 fully saturated rings. The van der Waals surface area contributed by atoms with Crippen LogP contribution in [0.2, 0.25) is 10.0 Å². The number of methoxy groups -OCH3 is 1. The van der Waals surface area contributed by atoms with E-state index in [-0.39, 0.29) is 14.9 Å². The van der Waals surface area contributed by atoms with Crippen LogP contribution in [0.1, 0.15) is 11.3 Å². The van der Waals surface area contributed by atoms with Crippen molar-refractivity contribution in [1.82, 2.24) is 9.29 Å². The lowest BCUT2D eigenvalue weighted by Crippen LogP contribution is -2.48. The molecule has 1 aromatic heterocycles. The molecule has 0 atom stereocenters. The van der Waals surface area contributed by atoms with Crippen LogP contribution in [-0.2, 0) is 16.4 Å². The molecule has 0 saturated carbocycles. The Bertz CT molecular complexity index is 1180. The SMILES string of the molecule is COc1ccccc1Cc1csc(N2CCN(S(=O)(=O)c3cccc(Cl)c3Cl)CC2)n1. The number of piperazine rings is 1. The van der Waals surface area contributed by atoms with Crippen LogP contribution in [0.15, 0.2) is 52.7 Å². The van der Waals surface area contributed by atoms with Crippen LogP contribution < -0.4 is 9.64 Å². The molecule has 0 bridgehead atoms. The number of aromatic nitrogens is 1. The Morgan fingerprint density at radius 2 is 1.81 bits per heavy atom. The Morgan fingerprint density at radius 3 is 2.55 bits per heavy atom. The maximum Gasteiger partial charge on any atom is 0.244 e. The molecule has 2 heterocycles. The number of rotatable bonds is 6. The van der Waals surface area contributed by atoms with E-state index in [1.807, 2.05) is 29.6 Å². The van der Waals surface area contributed by atoms with E-state index >= 15 is 0 Å². The molecule has 1 aliphatic heterocycles. The highest BCUT2D eigenvalue weighted by atomic mass is 35.5. The molecule has 0 spiro atoms. The number of ether oxygens (including phenoxy) is 1. The highest BCUT2D eigenvalue weighted by Gasteiger charge is 2.31. The lowest BCUT2D eigenvalue weighted by atomic mass is 10.1. The molecule has 0 amide bonds. The van der Waals surface area contributed by atoms with E-state index in [0.29, 0.717) is 32.6 Å². The summed E-state index contributed by atoms with van der Waals surface area (Å²) in [5.41, 5.74) is 2.04. The van der Waals surface area contributed by atoms with E-state index in [0.717, 1.165) is 22.1 Å². The Morgan fingerprint density at radius 1 is 1.06 bits per heavy atom. The fourth-order valence-electron chi connectivity index (χ4n) is 3.51. The summed E-state index contributed by atoms with van der Waals surface area (Å²) in [6.45, 7) is 1.82. The summed E-state index contributed by atoms with van der Waals surface area (Å²) in [5, 5.41) is 3.22. The highest BCUT2D eigenvalue weighted by Crippen LogP contribution is 2.32. The largest absolute Gasteiger partial charge is 0.496 e. The van der Waals surface area contributed by atoms with E-state index < -0.39 is 10.0 Å². The van der Waals surface area contributed by atoms with Crippen molar-refractivity contribution in [3.63, 3.8) is 0 Å². The molecular formula is C21H21Cl2N3O3S2. The van der Waals surface area contributed by atoms with E-state index in [9.17, 15) is 8.42 Å². The third-order valence-electron chi connectivity index (χ3n) is 5.15. The summed E-state index contributed by atoms with van der Waals surface area (Å²) in [6.07, 6.45) is 0.683. The summed E-state index contributed by atoms with van der Waals surface area (Å²) < 4.78 is 32.9. The predicted octanol–water partition coefficient (Wildman–Crippen LogP) is 4.56. The Hall–Kier alpha value is -1.84. The molecule has 0 unspecified atom stereocenters. The van der Waals surface area contributed by atoms with E-state index in [4.69, 9.17) is 32.9 Å². The van der Waals surface area contributed by atoms with Gasteiger partial charge >= 0.3 is 0 Å². The molecule has 0 radical (unpaired) electrons. The van der Waals surface area contributed by atoms with Gasteiger partial charge in [0.05, 0.1) is 22.8 Å². The molecule has 31 heavy (non-hydrogen) atoms. The Labute approximate surface area is 196 Å². The van der Waals surface area contributed by atoms with E-state index in [1.54, 1.807) is 30.6 Å². The summed E-state index contributed by atoms with van der Waals surface area (Å²) in [4.78, 5) is 6.92. The van der Waals surface area contributed by atoms with Gasteiger partial charge in [-0.3, -0.25) is 0 Å². The van der Waals surface area contributed by atoms with Crippen molar-refractivity contribution in [2.24, 2.45) is 0 Å². The van der Waals surface area contributed by atoms with Crippen LogP contribution in [0, 0.1) is 0 Å². The van der Waals surface area contributed by atoms with E-state index in [1.165, 1.54) is 10.4 Å². The normalized spacial score (nSPS) is 15.3. The second kappa shape index (κ2) is 9.34. The van der Waals surface area contributed by atoms with Crippen molar-refractivity contribution < 1.29 is 13.2 Å². The van der Waals surface area contributed by atoms with Crippen molar-refractivity contribution in [2.45, 2.75) is 11.3 Å². The minimum atomic E-state index is -3.70. The summed E-state index contributed by atoms with van der Waals surface area (Å²) in [5.74, 6) is 0.843. The number of sulfonamides is 1. The monoisotopic (exact) mass is 497 g/mol. The standard InChI is InChI=1S/C21H21Cl2N3O3S2/c1-29-18-7-3-2-5-15(18)13-16-14-30-21(24-16)25-9-11-26(12-10-25)31(27,28)19-8-4-6-17(22)20(19)23/h2-8,14H,9-13H2,1H3. The molecule has 1 aliphatic rings. The van der Waals surface area contributed by atoms with Crippen LogP contribution in [-0.4, -0.2) is 51.0 Å². The van der Waals surface area contributed by atoms with Gasteiger partial charge in [-0.15, -0.1) is 11.3 Å². The quantitative estimate of drug-likeness (QED) is 0.499. The smallest absolute Gasteiger partial charge is 0.244 e. The van der Waals surface area contributed by atoms with Gasteiger partial charge in [0.2, 0.25) is 10.0 Å². The zero-order chi connectivity index (χ0) is 22.0. The first-order valence-corrected chi connectivity index (χ1v) is 12.7. The zero-order valence-corrected chi connectivity index (χ0v) is 19.9. The number of hydrogen-bond donors (Lipinski definition) is 0. The fraction of sp³-hybridized carbons (Fsp3) is 0.286. The third-order valence-corrected chi connectivity index (χ3v) is 8.97. The minimum absolute atomic E-state index is 0.0449. The first-order chi connectivity index (χ1) is 14.9. The first-order valence-electron chi connectivity index (χ1n) is 9.65. The summed E-state index contributed by atoms with van der Waals surface area (Å²) in [7, 11) is -2.04. The maximum atomic E-state index is 13.0. The summed E-state index contributed by atoms with van der Waals surface area (Å²) in [6, 6.07) is 12.6. The molecular weight excluding hydrogens is 477 g/mol. The molecule has 0 aliphatic carbocycles. The number of nitrogens with zero attached hydrogens (tertiary/aromatic N) is 3. The highest BCUT2D eigenvalue weighted by molar-refractivity contribution is 7.89. The first kappa shape index (κ1) is 22.4. The number of para-hydroxylation sites is 1. The Kier molecular flexibility index (Phi) is 6.74.